The summed E-state index contributed by atoms with van der Waals surface area (Å²) in [7, 11) is 0. The fraction of sp³-hybridized carbons (Fsp3) is 0.238. The van der Waals surface area contributed by atoms with Crippen LogP contribution < -0.4 is 15.1 Å². The highest BCUT2D eigenvalue weighted by Gasteiger charge is 2.12. The average Bonchev–Trinajstić information content (AvgIpc) is 3.22. The van der Waals surface area contributed by atoms with E-state index in [4.69, 9.17) is 11.2 Å². The molecule has 1 amide bonds. The number of nitrogens with zero attached hydrogens (tertiary/aromatic N) is 2. The van der Waals surface area contributed by atoms with E-state index in [0.29, 0.717) is 5.56 Å². The molecule has 3 rings (SSSR count). The third-order valence-corrected chi connectivity index (χ3v) is 5.09. The zero-order valence-electron chi connectivity index (χ0n) is 14.8. The molecule has 1 aliphatic heterocycles. The molecule has 0 atom stereocenters. The molecular weight excluding hydrogens is 453 g/mol. The second-order valence-corrected chi connectivity index (χ2v) is 7.29. The normalized spacial score (nSPS) is 13.6. The van der Waals surface area contributed by atoms with Gasteiger partial charge in [0.05, 0.1) is 9.78 Å². The lowest BCUT2D eigenvalue weighted by atomic mass is 10.2. The predicted octanol–water partition coefficient (Wildman–Crippen LogP) is 3.67. The summed E-state index contributed by atoms with van der Waals surface area (Å²) in [6.45, 7) is 2.40. The molecule has 0 radical (unpaired) electrons. The van der Waals surface area contributed by atoms with E-state index in [2.05, 4.69) is 43.9 Å². The lowest BCUT2D eigenvalue weighted by Gasteiger charge is -2.17. The van der Waals surface area contributed by atoms with Gasteiger partial charge in [0, 0.05) is 24.3 Å². The molecule has 0 aromatic heterocycles. The van der Waals surface area contributed by atoms with Crippen LogP contribution in [0.3, 0.4) is 0 Å². The van der Waals surface area contributed by atoms with Gasteiger partial charge in [0.15, 0.2) is 0 Å². The topological polar surface area (TPSA) is 53.9 Å². The molecular formula is C21H20IN3O2. The molecule has 5 nitrogen and oxygen atoms in total. The maximum Gasteiger partial charge on any atom is 0.271 e. The van der Waals surface area contributed by atoms with Crippen molar-refractivity contribution in [3.8, 4) is 18.1 Å². The minimum Gasteiger partial charge on any atom is -0.480 e. The summed E-state index contributed by atoms with van der Waals surface area (Å²) >= 11 is 2.17. The predicted molar refractivity (Wildman–Crippen MR) is 116 cm³/mol. The lowest BCUT2D eigenvalue weighted by molar-refractivity contribution is 0.0955. The number of rotatable bonds is 6. The quantitative estimate of drug-likeness (QED) is 0.302. The molecule has 1 N–H and O–H groups in total. The highest BCUT2D eigenvalue weighted by Crippen LogP contribution is 2.22. The van der Waals surface area contributed by atoms with Gasteiger partial charge in [-0.15, -0.1) is 6.42 Å². The van der Waals surface area contributed by atoms with Crippen molar-refractivity contribution >= 4 is 40.4 Å². The number of ether oxygens (including phenoxy) is 1. The van der Waals surface area contributed by atoms with Crippen molar-refractivity contribution in [1.29, 1.82) is 0 Å². The summed E-state index contributed by atoms with van der Waals surface area (Å²) in [4.78, 5) is 14.6. The first kappa shape index (κ1) is 19.2. The van der Waals surface area contributed by atoms with E-state index in [9.17, 15) is 4.79 Å². The molecule has 6 heteroatoms. The van der Waals surface area contributed by atoms with Gasteiger partial charge in [0.1, 0.15) is 12.4 Å². The van der Waals surface area contributed by atoms with Gasteiger partial charge in [-0.25, -0.2) is 5.43 Å². The number of benzene rings is 2. The Morgan fingerprint density at radius 2 is 2.00 bits per heavy atom. The molecule has 1 fully saturated rings. The van der Waals surface area contributed by atoms with Crippen LogP contribution in [0.1, 0.15) is 28.8 Å². The van der Waals surface area contributed by atoms with Gasteiger partial charge >= 0.3 is 0 Å². The minimum atomic E-state index is -0.233. The van der Waals surface area contributed by atoms with Crippen molar-refractivity contribution in [3.63, 3.8) is 0 Å². The zero-order chi connectivity index (χ0) is 19.1. The standard InChI is InChI=1S/C21H20IN3O2/c1-2-13-27-20-10-5-16(14-19(20)22)15-23-24-21(26)17-6-8-18(9-7-17)25-11-3-4-12-25/h1,5-10,14-15H,3-4,11-13H2,(H,24,26)/b23-15-. The Morgan fingerprint density at radius 1 is 1.26 bits per heavy atom. The number of carbonyl (C=O) groups is 1. The van der Waals surface area contributed by atoms with Crippen LogP contribution in [0.15, 0.2) is 47.6 Å². The first-order valence-corrected chi connectivity index (χ1v) is 9.79. The number of amides is 1. The largest absolute Gasteiger partial charge is 0.480 e. The van der Waals surface area contributed by atoms with Crippen LogP contribution >= 0.6 is 22.6 Å². The second kappa shape index (κ2) is 9.42. The monoisotopic (exact) mass is 473 g/mol. The molecule has 138 valence electrons. The summed E-state index contributed by atoms with van der Waals surface area (Å²) in [5.74, 6) is 2.93. The van der Waals surface area contributed by atoms with Crippen molar-refractivity contribution in [3.05, 3.63) is 57.2 Å². The number of anilines is 1. The Labute approximate surface area is 172 Å². The fourth-order valence-electron chi connectivity index (χ4n) is 2.86. The van der Waals surface area contributed by atoms with E-state index in [1.54, 1.807) is 6.21 Å². The van der Waals surface area contributed by atoms with E-state index >= 15 is 0 Å². The van der Waals surface area contributed by atoms with E-state index in [1.165, 1.54) is 12.8 Å². The molecule has 1 saturated heterocycles. The van der Waals surface area contributed by atoms with E-state index in [0.717, 1.165) is 33.7 Å². The first-order valence-electron chi connectivity index (χ1n) is 8.71. The van der Waals surface area contributed by atoms with Crippen LogP contribution in [-0.4, -0.2) is 31.8 Å². The maximum atomic E-state index is 12.2. The number of nitrogens with one attached hydrogen (secondary N) is 1. The molecule has 0 aliphatic carbocycles. The highest BCUT2D eigenvalue weighted by molar-refractivity contribution is 14.1. The van der Waals surface area contributed by atoms with Crippen LogP contribution in [-0.2, 0) is 0 Å². The molecule has 27 heavy (non-hydrogen) atoms. The van der Waals surface area contributed by atoms with Crippen LogP contribution in [0, 0.1) is 15.9 Å². The maximum absolute atomic E-state index is 12.2. The molecule has 0 bridgehead atoms. The third kappa shape index (κ3) is 5.23. The summed E-state index contributed by atoms with van der Waals surface area (Å²) < 4.78 is 6.35. The van der Waals surface area contributed by atoms with Crippen LogP contribution in [0.2, 0.25) is 0 Å². The number of terminal acetylenes is 1. The molecule has 0 saturated carbocycles. The summed E-state index contributed by atoms with van der Waals surface area (Å²) in [6.07, 6.45) is 9.26. The van der Waals surface area contributed by atoms with Crippen molar-refractivity contribution in [2.45, 2.75) is 12.8 Å². The van der Waals surface area contributed by atoms with Crippen molar-refractivity contribution in [1.82, 2.24) is 5.43 Å². The Kier molecular flexibility index (Phi) is 6.71. The average molecular weight is 473 g/mol. The molecule has 0 spiro atoms. The third-order valence-electron chi connectivity index (χ3n) is 4.25. The Hall–Kier alpha value is -2.53. The number of carbonyl (C=O) groups excluding carboxylic acids is 1. The fourth-order valence-corrected chi connectivity index (χ4v) is 3.56. The summed E-state index contributed by atoms with van der Waals surface area (Å²) in [5, 5.41) is 4.04. The van der Waals surface area contributed by atoms with E-state index in [-0.39, 0.29) is 12.5 Å². The van der Waals surface area contributed by atoms with Crippen molar-refractivity contribution < 1.29 is 9.53 Å². The van der Waals surface area contributed by atoms with Crippen molar-refractivity contribution in [2.24, 2.45) is 5.10 Å². The van der Waals surface area contributed by atoms with E-state index in [1.807, 2.05) is 42.5 Å². The molecule has 2 aromatic rings. The van der Waals surface area contributed by atoms with Crippen LogP contribution in [0.4, 0.5) is 5.69 Å². The van der Waals surface area contributed by atoms with Crippen LogP contribution in [0.25, 0.3) is 0 Å². The van der Waals surface area contributed by atoms with Gasteiger partial charge in [-0.3, -0.25) is 4.79 Å². The van der Waals surface area contributed by atoms with Gasteiger partial charge < -0.3 is 9.64 Å². The van der Waals surface area contributed by atoms with Gasteiger partial charge in [0.25, 0.3) is 5.91 Å². The lowest BCUT2D eigenvalue weighted by Crippen LogP contribution is -2.19. The van der Waals surface area contributed by atoms with Gasteiger partial charge in [-0.2, -0.15) is 5.10 Å². The van der Waals surface area contributed by atoms with Gasteiger partial charge in [-0.05, 0) is 83.5 Å². The molecule has 2 aromatic carbocycles. The molecule has 0 unspecified atom stereocenters. The van der Waals surface area contributed by atoms with Crippen molar-refractivity contribution in [2.75, 3.05) is 24.6 Å². The number of hydrazone groups is 1. The highest BCUT2D eigenvalue weighted by atomic mass is 127. The summed E-state index contributed by atoms with van der Waals surface area (Å²) in [6, 6.07) is 13.2. The van der Waals surface area contributed by atoms with Gasteiger partial charge in [0.2, 0.25) is 0 Å². The van der Waals surface area contributed by atoms with Gasteiger partial charge in [-0.1, -0.05) is 5.92 Å². The number of halogens is 1. The number of hydrogen-bond donors (Lipinski definition) is 1. The molecule has 1 heterocycles. The van der Waals surface area contributed by atoms with Crippen LogP contribution in [0.5, 0.6) is 5.75 Å². The Balaban J connectivity index is 1.56. The number of hydrogen-bond acceptors (Lipinski definition) is 4. The SMILES string of the molecule is C#CCOc1ccc(/C=N\NC(=O)c2ccc(N3CCCC3)cc2)cc1I. The zero-order valence-corrected chi connectivity index (χ0v) is 17.0. The van der Waals surface area contributed by atoms with E-state index < -0.39 is 0 Å². The Morgan fingerprint density at radius 3 is 2.67 bits per heavy atom. The minimum absolute atomic E-state index is 0.232. The smallest absolute Gasteiger partial charge is 0.271 e. The Bertz CT molecular complexity index is 866. The molecule has 1 aliphatic rings. The first-order chi connectivity index (χ1) is 13.2. The summed E-state index contributed by atoms with van der Waals surface area (Å²) in [5.41, 5.74) is 5.17. The second-order valence-electron chi connectivity index (χ2n) is 6.12.